The van der Waals surface area contributed by atoms with Crippen LogP contribution in [0, 0.1) is 6.92 Å². The van der Waals surface area contributed by atoms with Crippen LogP contribution >= 0.6 is 11.6 Å². The minimum atomic E-state index is -0.0656. The maximum atomic E-state index is 6.13. The molecular formula is C14H18ClN3. The van der Waals surface area contributed by atoms with E-state index >= 15 is 0 Å². The average Bonchev–Trinajstić information content (AvgIpc) is 2.64. The van der Waals surface area contributed by atoms with Crippen LogP contribution in [0.15, 0.2) is 24.4 Å². The number of anilines is 1. The topological polar surface area (TPSA) is 43.8 Å². The summed E-state index contributed by atoms with van der Waals surface area (Å²) in [5.74, 6) is 0. The van der Waals surface area contributed by atoms with Gasteiger partial charge >= 0.3 is 0 Å². The number of hydrogen-bond donors (Lipinski definition) is 1. The molecule has 0 bridgehead atoms. The molecule has 0 unspecified atom stereocenters. The minimum absolute atomic E-state index is 0.0656. The highest BCUT2D eigenvalue weighted by atomic mass is 35.5. The van der Waals surface area contributed by atoms with E-state index in [4.69, 9.17) is 17.3 Å². The van der Waals surface area contributed by atoms with Gasteiger partial charge in [-0.3, -0.25) is 0 Å². The fraction of sp³-hybridized carbons (Fsp3) is 0.357. The number of nitrogen functional groups attached to an aromatic ring is 1. The number of aromatic nitrogens is 2. The van der Waals surface area contributed by atoms with Gasteiger partial charge in [0, 0.05) is 10.4 Å². The number of nitrogens with zero attached hydrogens (tertiary/aromatic N) is 2. The summed E-state index contributed by atoms with van der Waals surface area (Å²) in [7, 11) is 0. The van der Waals surface area contributed by atoms with Gasteiger partial charge in [0.15, 0.2) is 0 Å². The third kappa shape index (κ3) is 2.36. The van der Waals surface area contributed by atoms with Gasteiger partial charge in [-0.1, -0.05) is 38.4 Å². The summed E-state index contributed by atoms with van der Waals surface area (Å²) in [6.45, 7) is 8.26. The first-order valence-corrected chi connectivity index (χ1v) is 6.29. The van der Waals surface area contributed by atoms with Crippen LogP contribution in [-0.2, 0) is 5.41 Å². The van der Waals surface area contributed by atoms with Gasteiger partial charge < -0.3 is 5.73 Å². The minimum Gasteiger partial charge on any atom is -0.396 e. The largest absolute Gasteiger partial charge is 0.396 e. The van der Waals surface area contributed by atoms with Crippen LogP contribution in [0.2, 0.25) is 5.02 Å². The molecule has 0 aliphatic rings. The second-order valence-corrected chi connectivity index (χ2v) is 5.97. The van der Waals surface area contributed by atoms with Crippen LogP contribution < -0.4 is 5.73 Å². The van der Waals surface area contributed by atoms with Crippen molar-refractivity contribution in [3.63, 3.8) is 0 Å². The Morgan fingerprint density at radius 2 is 1.94 bits per heavy atom. The summed E-state index contributed by atoms with van der Waals surface area (Å²) in [6, 6.07) is 5.86. The molecule has 2 aromatic rings. The third-order valence-electron chi connectivity index (χ3n) is 2.87. The molecule has 2 N–H and O–H groups in total. The number of benzene rings is 1. The standard InChI is InChI=1S/C14H18ClN3/c1-9-5-6-10(7-11(9)15)18-8-12(16)13(17-18)14(2,3)4/h5-8H,16H2,1-4H3. The maximum Gasteiger partial charge on any atom is 0.0911 e. The highest BCUT2D eigenvalue weighted by molar-refractivity contribution is 6.31. The van der Waals surface area contributed by atoms with Crippen molar-refractivity contribution < 1.29 is 0 Å². The van der Waals surface area contributed by atoms with Crippen molar-refractivity contribution in [2.45, 2.75) is 33.1 Å². The summed E-state index contributed by atoms with van der Waals surface area (Å²) in [6.07, 6.45) is 1.83. The molecule has 0 aliphatic carbocycles. The van der Waals surface area contributed by atoms with Crippen molar-refractivity contribution in [1.29, 1.82) is 0 Å². The van der Waals surface area contributed by atoms with Gasteiger partial charge in [0.25, 0.3) is 0 Å². The number of aryl methyl sites for hydroxylation is 1. The summed E-state index contributed by atoms with van der Waals surface area (Å²) in [5, 5.41) is 5.29. The lowest BCUT2D eigenvalue weighted by atomic mass is 9.92. The van der Waals surface area contributed by atoms with Crippen LogP contribution in [0.25, 0.3) is 5.69 Å². The molecule has 0 amide bonds. The second kappa shape index (κ2) is 4.32. The van der Waals surface area contributed by atoms with Crippen molar-refractivity contribution in [3.05, 3.63) is 40.7 Å². The lowest BCUT2D eigenvalue weighted by Crippen LogP contribution is -2.14. The van der Waals surface area contributed by atoms with Crippen LogP contribution in [0.5, 0.6) is 0 Å². The van der Waals surface area contributed by atoms with Crippen molar-refractivity contribution in [2.24, 2.45) is 0 Å². The zero-order valence-corrected chi connectivity index (χ0v) is 11.9. The number of nitrogens with two attached hydrogens (primary N) is 1. The molecule has 1 heterocycles. The van der Waals surface area contributed by atoms with Crippen molar-refractivity contribution in [2.75, 3.05) is 5.73 Å². The molecule has 0 spiro atoms. The Kier molecular flexibility index (Phi) is 3.11. The monoisotopic (exact) mass is 263 g/mol. The first-order valence-electron chi connectivity index (χ1n) is 5.91. The van der Waals surface area contributed by atoms with E-state index in [1.807, 2.05) is 31.3 Å². The first-order chi connectivity index (χ1) is 8.29. The smallest absolute Gasteiger partial charge is 0.0911 e. The van der Waals surface area contributed by atoms with E-state index in [0.717, 1.165) is 22.0 Å². The van der Waals surface area contributed by atoms with Gasteiger partial charge in [-0.15, -0.1) is 0 Å². The molecule has 3 nitrogen and oxygen atoms in total. The Labute approximate surface area is 113 Å². The SMILES string of the molecule is Cc1ccc(-n2cc(N)c(C(C)(C)C)n2)cc1Cl. The summed E-state index contributed by atoms with van der Waals surface area (Å²) in [5.41, 5.74) is 9.54. The predicted octanol–water partition coefficient (Wildman–Crippen LogP) is 3.71. The van der Waals surface area contributed by atoms with E-state index in [-0.39, 0.29) is 5.41 Å². The average molecular weight is 264 g/mol. The molecule has 18 heavy (non-hydrogen) atoms. The number of rotatable bonds is 1. The Morgan fingerprint density at radius 1 is 1.28 bits per heavy atom. The van der Waals surface area contributed by atoms with Gasteiger partial charge in [-0.2, -0.15) is 5.10 Å². The molecule has 0 saturated carbocycles. The maximum absolute atomic E-state index is 6.13. The fourth-order valence-corrected chi connectivity index (χ4v) is 2.00. The summed E-state index contributed by atoms with van der Waals surface area (Å²) < 4.78 is 1.78. The van der Waals surface area contributed by atoms with Crippen LogP contribution in [0.1, 0.15) is 32.0 Å². The van der Waals surface area contributed by atoms with Crippen molar-refractivity contribution >= 4 is 17.3 Å². The molecular weight excluding hydrogens is 246 g/mol. The van der Waals surface area contributed by atoms with Gasteiger partial charge in [0.1, 0.15) is 0 Å². The summed E-state index contributed by atoms with van der Waals surface area (Å²) in [4.78, 5) is 0. The molecule has 0 atom stereocenters. The van der Waals surface area contributed by atoms with E-state index in [9.17, 15) is 0 Å². The van der Waals surface area contributed by atoms with E-state index < -0.39 is 0 Å². The lowest BCUT2D eigenvalue weighted by molar-refractivity contribution is 0.562. The highest BCUT2D eigenvalue weighted by Gasteiger charge is 2.21. The third-order valence-corrected chi connectivity index (χ3v) is 3.28. The normalized spacial score (nSPS) is 11.8. The Balaban J connectivity index is 2.49. The van der Waals surface area contributed by atoms with Crippen molar-refractivity contribution in [3.8, 4) is 5.69 Å². The molecule has 96 valence electrons. The van der Waals surface area contributed by atoms with Crippen molar-refractivity contribution in [1.82, 2.24) is 9.78 Å². The van der Waals surface area contributed by atoms with E-state index in [1.54, 1.807) is 4.68 Å². The van der Waals surface area contributed by atoms with Crippen LogP contribution in [0.3, 0.4) is 0 Å². The molecule has 0 radical (unpaired) electrons. The number of hydrogen-bond acceptors (Lipinski definition) is 2. The predicted molar refractivity (Wildman–Crippen MR) is 76.4 cm³/mol. The molecule has 1 aromatic carbocycles. The van der Waals surface area contributed by atoms with E-state index in [0.29, 0.717) is 5.69 Å². The summed E-state index contributed by atoms with van der Waals surface area (Å²) >= 11 is 6.13. The highest BCUT2D eigenvalue weighted by Crippen LogP contribution is 2.27. The Morgan fingerprint density at radius 3 is 2.44 bits per heavy atom. The van der Waals surface area contributed by atoms with E-state index in [2.05, 4.69) is 25.9 Å². The molecule has 2 rings (SSSR count). The Hall–Kier alpha value is -1.48. The second-order valence-electron chi connectivity index (χ2n) is 5.56. The zero-order valence-electron chi connectivity index (χ0n) is 11.2. The molecule has 0 aliphatic heterocycles. The lowest BCUT2D eigenvalue weighted by Gasteiger charge is -2.15. The van der Waals surface area contributed by atoms with Crippen LogP contribution in [0.4, 0.5) is 5.69 Å². The van der Waals surface area contributed by atoms with Gasteiger partial charge in [-0.05, 0) is 24.6 Å². The molecule has 0 fully saturated rings. The molecule has 0 saturated heterocycles. The quantitative estimate of drug-likeness (QED) is 0.852. The number of halogens is 1. The molecule has 1 aromatic heterocycles. The van der Waals surface area contributed by atoms with E-state index in [1.165, 1.54) is 0 Å². The van der Waals surface area contributed by atoms with Gasteiger partial charge in [-0.25, -0.2) is 4.68 Å². The zero-order chi connectivity index (χ0) is 13.5. The Bertz CT molecular complexity index is 579. The van der Waals surface area contributed by atoms with Gasteiger partial charge in [0.2, 0.25) is 0 Å². The molecule has 4 heteroatoms. The first kappa shape index (κ1) is 13.0. The fourth-order valence-electron chi connectivity index (χ4n) is 1.83. The van der Waals surface area contributed by atoms with Crippen LogP contribution in [-0.4, -0.2) is 9.78 Å². The van der Waals surface area contributed by atoms with Gasteiger partial charge in [0.05, 0.1) is 23.3 Å².